The lowest BCUT2D eigenvalue weighted by Crippen LogP contribution is -2.40. The van der Waals surface area contributed by atoms with Crippen LogP contribution in [-0.4, -0.2) is 69.6 Å². The summed E-state index contributed by atoms with van der Waals surface area (Å²) in [6.45, 7) is 3.43. The first-order chi connectivity index (χ1) is 16.5. The fourth-order valence-corrected chi connectivity index (χ4v) is 6.25. The summed E-state index contributed by atoms with van der Waals surface area (Å²) in [6.07, 6.45) is 2.86. The molecule has 182 valence electrons. The molecule has 0 radical (unpaired) electrons. The van der Waals surface area contributed by atoms with Gasteiger partial charge < -0.3 is 19.1 Å². The molecule has 8 nitrogen and oxygen atoms in total. The Balaban J connectivity index is 1.21. The third-order valence-corrected chi connectivity index (χ3v) is 8.60. The van der Waals surface area contributed by atoms with Gasteiger partial charge in [0.25, 0.3) is 0 Å². The third kappa shape index (κ3) is 4.78. The highest BCUT2D eigenvalue weighted by Gasteiger charge is 2.31. The van der Waals surface area contributed by atoms with Gasteiger partial charge in [-0.2, -0.15) is 4.31 Å². The van der Waals surface area contributed by atoms with Crippen molar-refractivity contribution in [1.82, 2.24) is 9.21 Å². The van der Waals surface area contributed by atoms with Crippen molar-refractivity contribution in [2.45, 2.75) is 36.6 Å². The number of morpholine rings is 1. The molecule has 0 N–H and O–H groups in total. The Bertz CT molecular complexity index is 1130. The molecule has 2 aromatic carbocycles. The van der Waals surface area contributed by atoms with Gasteiger partial charge in [-0.05, 0) is 54.7 Å². The van der Waals surface area contributed by atoms with Crippen molar-refractivity contribution in [2.24, 2.45) is 0 Å². The highest BCUT2D eigenvalue weighted by Crippen LogP contribution is 2.38. The molecule has 9 heteroatoms. The zero-order valence-corrected chi connectivity index (χ0v) is 20.0. The first-order valence-electron chi connectivity index (χ1n) is 11.9. The molecule has 3 aliphatic rings. The number of hydrogen-bond acceptors (Lipinski definition) is 6. The van der Waals surface area contributed by atoms with Crippen LogP contribution in [0.2, 0.25) is 0 Å². The minimum Gasteiger partial charge on any atom is -0.486 e. The summed E-state index contributed by atoms with van der Waals surface area (Å²) in [5.74, 6) is 1.61. The van der Waals surface area contributed by atoms with Gasteiger partial charge in [0.1, 0.15) is 13.2 Å². The van der Waals surface area contributed by atoms with Crippen molar-refractivity contribution in [3.05, 3.63) is 53.6 Å². The number of amides is 1. The summed E-state index contributed by atoms with van der Waals surface area (Å²) in [4.78, 5) is 15.3. The number of likely N-dealkylation sites (tertiary alicyclic amines) is 1. The maximum Gasteiger partial charge on any atom is 0.243 e. The lowest BCUT2D eigenvalue weighted by atomic mass is 10.0. The second-order valence-corrected chi connectivity index (χ2v) is 10.7. The number of hydrogen-bond donors (Lipinski definition) is 0. The molecule has 0 spiro atoms. The smallest absolute Gasteiger partial charge is 0.243 e. The SMILES string of the molecule is O=C(CCc1ccc(S(=O)(=O)N2CCOCC2)cc1)N1CCCC1c1ccc2c(c1)OCCO2. The van der Waals surface area contributed by atoms with Gasteiger partial charge in [-0.3, -0.25) is 4.79 Å². The van der Waals surface area contributed by atoms with Gasteiger partial charge in [-0.1, -0.05) is 18.2 Å². The maximum absolute atomic E-state index is 13.1. The van der Waals surface area contributed by atoms with Crippen molar-refractivity contribution >= 4 is 15.9 Å². The Labute approximate surface area is 200 Å². The highest BCUT2D eigenvalue weighted by atomic mass is 32.2. The molecule has 2 fully saturated rings. The minimum atomic E-state index is -3.51. The number of benzene rings is 2. The molecule has 1 amide bonds. The fourth-order valence-electron chi connectivity index (χ4n) is 4.84. The topological polar surface area (TPSA) is 85.4 Å². The summed E-state index contributed by atoms with van der Waals surface area (Å²) < 4.78 is 43.6. The van der Waals surface area contributed by atoms with Gasteiger partial charge in [-0.15, -0.1) is 0 Å². The standard InChI is InChI=1S/C25H30N2O6S/c28-25(27-11-1-2-22(27)20-6-9-23-24(18-20)33-17-16-32-23)10-5-19-3-7-21(8-4-19)34(29,30)26-12-14-31-15-13-26/h3-4,6-9,18,22H,1-2,5,10-17H2. The van der Waals surface area contributed by atoms with Crippen LogP contribution in [0.5, 0.6) is 11.5 Å². The molecule has 0 bridgehead atoms. The average Bonchev–Trinajstić information content (AvgIpc) is 3.38. The molecule has 0 saturated carbocycles. The number of aryl methyl sites for hydroxylation is 1. The van der Waals surface area contributed by atoms with Crippen molar-refractivity contribution in [2.75, 3.05) is 46.1 Å². The van der Waals surface area contributed by atoms with Crippen LogP contribution in [0.25, 0.3) is 0 Å². The predicted octanol–water partition coefficient (Wildman–Crippen LogP) is 2.78. The van der Waals surface area contributed by atoms with Crippen LogP contribution in [0, 0.1) is 0 Å². The number of ether oxygens (including phenoxy) is 3. The molecule has 1 atom stereocenters. The van der Waals surface area contributed by atoms with Crippen molar-refractivity contribution < 1.29 is 27.4 Å². The molecule has 1 unspecified atom stereocenters. The Kier molecular flexibility index (Phi) is 6.76. The number of sulfonamides is 1. The van der Waals surface area contributed by atoms with E-state index < -0.39 is 10.0 Å². The zero-order chi connectivity index (χ0) is 23.5. The predicted molar refractivity (Wildman–Crippen MR) is 125 cm³/mol. The van der Waals surface area contributed by atoms with E-state index in [4.69, 9.17) is 14.2 Å². The molecular weight excluding hydrogens is 456 g/mol. The molecule has 0 aromatic heterocycles. The molecule has 2 aromatic rings. The van der Waals surface area contributed by atoms with Gasteiger partial charge >= 0.3 is 0 Å². The summed E-state index contributed by atoms with van der Waals surface area (Å²) in [6, 6.07) is 12.9. The lowest BCUT2D eigenvalue weighted by Gasteiger charge is -2.27. The van der Waals surface area contributed by atoms with E-state index in [0.717, 1.165) is 42.0 Å². The van der Waals surface area contributed by atoms with E-state index in [0.29, 0.717) is 52.4 Å². The van der Waals surface area contributed by atoms with Gasteiger partial charge in [0.2, 0.25) is 15.9 Å². The van der Waals surface area contributed by atoms with Gasteiger partial charge in [0.15, 0.2) is 11.5 Å². The lowest BCUT2D eigenvalue weighted by molar-refractivity contribution is -0.132. The van der Waals surface area contributed by atoms with E-state index in [1.165, 1.54) is 4.31 Å². The van der Waals surface area contributed by atoms with Crippen LogP contribution in [-0.2, 0) is 26.0 Å². The summed E-state index contributed by atoms with van der Waals surface area (Å²) in [5, 5.41) is 0. The van der Waals surface area contributed by atoms with Crippen LogP contribution in [0.3, 0.4) is 0 Å². The first kappa shape index (κ1) is 23.1. The van der Waals surface area contributed by atoms with E-state index in [9.17, 15) is 13.2 Å². The first-order valence-corrected chi connectivity index (χ1v) is 13.3. The van der Waals surface area contributed by atoms with Crippen LogP contribution >= 0.6 is 0 Å². The molecule has 3 heterocycles. The second-order valence-electron chi connectivity index (χ2n) is 8.81. The van der Waals surface area contributed by atoms with Crippen molar-refractivity contribution in [3.8, 4) is 11.5 Å². The van der Waals surface area contributed by atoms with Gasteiger partial charge in [0.05, 0.1) is 24.2 Å². The number of fused-ring (bicyclic) bond motifs is 1. The second kappa shape index (κ2) is 9.93. The molecule has 3 aliphatic heterocycles. The van der Waals surface area contributed by atoms with E-state index in [2.05, 4.69) is 0 Å². The quantitative estimate of drug-likeness (QED) is 0.624. The normalized spacial score (nSPS) is 20.9. The number of carbonyl (C=O) groups is 1. The van der Waals surface area contributed by atoms with Crippen LogP contribution in [0.15, 0.2) is 47.4 Å². The zero-order valence-electron chi connectivity index (χ0n) is 19.1. The monoisotopic (exact) mass is 486 g/mol. The van der Waals surface area contributed by atoms with Crippen LogP contribution < -0.4 is 9.47 Å². The number of carbonyl (C=O) groups excluding carboxylic acids is 1. The molecule has 2 saturated heterocycles. The Hall–Kier alpha value is -2.62. The van der Waals surface area contributed by atoms with E-state index in [1.807, 2.05) is 35.2 Å². The van der Waals surface area contributed by atoms with Crippen LogP contribution in [0.4, 0.5) is 0 Å². The highest BCUT2D eigenvalue weighted by molar-refractivity contribution is 7.89. The summed E-state index contributed by atoms with van der Waals surface area (Å²) in [5.41, 5.74) is 2.03. The minimum absolute atomic E-state index is 0.0457. The maximum atomic E-state index is 13.1. The van der Waals surface area contributed by atoms with E-state index in [-0.39, 0.29) is 16.8 Å². The third-order valence-electron chi connectivity index (χ3n) is 6.68. The Morgan fingerprint density at radius 2 is 1.65 bits per heavy atom. The summed E-state index contributed by atoms with van der Waals surface area (Å²) in [7, 11) is -3.51. The average molecular weight is 487 g/mol. The van der Waals surface area contributed by atoms with E-state index >= 15 is 0 Å². The fraction of sp³-hybridized carbons (Fsp3) is 0.480. The molecular formula is C25H30N2O6S. The van der Waals surface area contributed by atoms with Crippen molar-refractivity contribution in [3.63, 3.8) is 0 Å². The van der Waals surface area contributed by atoms with Gasteiger partial charge in [-0.25, -0.2) is 8.42 Å². The van der Waals surface area contributed by atoms with E-state index in [1.54, 1.807) is 12.1 Å². The largest absolute Gasteiger partial charge is 0.486 e. The van der Waals surface area contributed by atoms with Crippen LogP contribution in [0.1, 0.15) is 36.4 Å². The molecule has 34 heavy (non-hydrogen) atoms. The molecule has 0 aliphatic carbocycles. The Morgan fingerprint density at radius 3 is 2.41 bits per heavy atom. The Morgan fingerprint density at radius 1 is 0.912 bits per heavy atom. The van der Waals surface area contributed by atoms with Crippen molar-refractivity contribution in [1.29, 1.82) is 0 Å². The van der Waals surface area contributed by atoms with Gasteiger partial charge in [0, 0.05) is 26.1 Å². The number of nitrogens with zero attached hydrogens (tertiary/aromatic N) is 2. The number of rotatable bonds is 6. The molecule has 5 rings (SSSR count). The summed E-state index contributed by atoms with van der Waals surface area (Å²) >= 11 is 0.